The largest absolute Gasteiger partial charge is 0.389 e. The fraction of sp³-hybridized carbons (Fsp3) is 0.364. The molecule has 2 heterocycles. The smallest absolute Gasteiger partial charge is 0.358 e. The highest BCUT2D eigenvalue weighted by molar-refractivity contribution is 5.75. The van der Waals surface area contributed by atoms with Gasteiger partial charge in [0.2, 0.25) is 5.91 Å². The molecule has 0 aliphatic heterocycles. The standard InChI is InChI=1S/C11H14N6O3/c1-8-5-9(13-15(8)2)6-12-11(18)7-16-4-3-10(14-16)17(19)20/h3-5H,6-7H2,1-2H3,(H,12,18). The van der Waals surface area contributed by atoms with Crippen LogP contribution in [-0.2, 0) is 24.9 Å². The predicted octanol–water partition coefficient (Wildman–Crippen LogP) is 0.150. The van der Waals surface area contributed by atoms with Crippen molar-refractivity contribution in [3.05, 3.63) is 39.8 Å². The van der Waals surface area contributed by atoms with Crippen molar-refractivity contribution >= 4 is 11.7 Å². The zero-order valence-electron chi connectivity index (χ0n) is 11.1. The van der Waals surface area contributed by atoms with Gasteiger partial charge in [0.15, 0.2) is 0 Å². The summed E-state index contributed by atoms with van der Waals surface area (Å²) in [6.07, 6.45) is 1.39. The van der Waals surface area contributed by atoms with Crippen LogP contribution in [-0.4, -0.2) is 30.4 Å². The van der Waals surface area contributed by atoms with Crippen LogP contribution in [0.4, 0.5) is 5.82 Å². The average molecular weight is 278 g/mol. The Kier molecular flexibility index (Phi) is 3.78. The van der Waals surface area contributed by atoms with E-state index in [9.17, 15) is 14.9 Å². The van der Waals surface area contributed by atoms with Gasteiger partial charge in [0.1, 0.15) is 6.54 Å². The Balaban J connectivity index is 1.87. The first kappa shape index (κ1) is 13.7. The highest BCUT2D eigenvalue weighted by Crippen LogP contribution is 2.05. The number of hydrogen-bond donors (Lipinski definition) is 1. The molecule has 9 heteroatoms. The van der Waals surface area contributed by atoms with Crippen LogP contribution in [0.1, 0.15) is 11.4 Å². The molecule has 0 fully saturated rings. The highest BCUT2D eigenvalue weighted by Gasteiger charge is 2.13. The van der Waals surface area contributed by atoms with Gasteiger partial charge in [-0.25, -0.2) is 0 Å². The third-order valence-electron chi connectivity index (χ3n) is 2.75. The lowest BCUT2D eigenvalue weighted by molar-refractivity contribution is -0.389. The minimum absolute atomic E-state index is 0.0698. The van der Waals surface area contributed by atoms with E-state index < -0.39 is 4.92 Å². The number of carbonyl (C=O) groups is 1. The van der Waals surface area contributed by atoms with Crippen LogP contribution in [0, 0.1) is 17.0 Å². The van der Waals surface area contributed by atoms with E-state index in [1.807, 2.05) is 20.0 Å². The summed E-state index contributed by atoms with van der Waals surface area (Å²) in [5, 5.41) is 21.0. The van der Waals surface area contributed by atoms with Gasteiger partial charge in [0.05, 0.1) is 29.6 Å². The SMILES string of the molecule is Cc1cc(CNC(=O)Cn2ccc([N+](=O)[O-])n2)nn1C. The van der Waals surface area contributed by atoms with E-state index in [2.05, 4.69) is 15.5 Å². The Hall–Kier alpha value is -2.71. The van der Waals surface area contributed by atoms with Gasteiger partial charge >= 0.3 is 5.82 Å². The third-order valence-corrected chi connectivity index (χ3v) is 2.75. The first-order valence-corrected chi connectivity index (χ1v) is 5.90. The Morgan fingerprint density at radius 2 is 2.25 bits per heavy atom. The second-order valence-corrected chi connectivity index (χ2v) is 4.31. The van der Waals surface area contributed by atoms with Gasteiger partial charge in [-0.1, -0.05) is 0 Å². The minimum Gasteiger partial charge on any atom is -0.358 e. The maximum atomic E-state index is 11.7. The van der Waals surface area contributed by atoms with Gasteiger partial charge in [-0.2, -0.15) is 9.78 Å². The normalized spacial score (nSPS) is 10.5. The number of hydrogen-bond acceptors (Lipinski definition) is 5. The number of aromatic nitrogens is 4. The fourth-order valence-corrected chi connectivity index (χ4v) is 1.65. The summed E-state index contributed by atoms with van der Waals surface area (Å²) in [4.78, 5) is 21.5. The molecule has 0 unspecified atom stereocenters. The van der Waals surface area contributed by atoms with E-state index in [0.717, 1.165) is 11.4 Å². The molecule has 0 spiro atoms. The summed E-state index contributed by atoms with van der Waals surface area (Å²) in [7, 11) is 1.82. The molecule has 1 N–H and O–H groups in total. The minimum atomic E-state index is -0.606. The molecule has 2 aromatic rings. The molecule has 0 saturated heterocycles. The number of nitrogens with zero attached hydrogens (tertiary/aromatic N) is 5. The van der Waals surface area contributed by atoms with Crippen LogP contribution >= 0.6 is 0 Å². The Labute approximate surface area is 114 Å². The monoisotopic (exact) mass is 278 g/mol. The van der Waals surface area contributed by atoms with Crippen molar-refractivity contribution in [2.45, 2.75) is 20.0 Å². The summed E-state index contributed by atoms with van der Waals surface area (Å²) in [6, 6.07) is 3.12. The zero-order valence-corrected chi connectivity index (χ0v) is 11.1. The van der Waals surface area contributed by atoms with Crippen LogP contribution in [0.2, 0.25) is 0 Å². The Bertz CT molecular complexity index is 625. The van der Waals surface area contributed by atoms with Crippen LogP contribution in [0.5, 0.6) is 0 Å². The number of rotatable bonds is 5. The summed E-state index contributed by atoms with van der Waals surface area (Å²) < 4.78 is 2.94. The average Bonchev–Trinajstić information content (AvgIpc) is 2.95. The van der Waals surface area contributed by atoms with E-state index >= 15 is 0 Å². The van der Waals surface area contributed by atoms with E-state index in [4.69, 9.17) is 0 Å². The van der Waals surface area contributed by atoms with Gasteiger partial charge in [0, 0.05) is 12.7 Å². The highest BCUT2D eigenvalue weighted by atomic mass is 16.6. The summed E-state index contributed by atoms with van der Waals surface area (Å²) in [5.74, 6) is -0.565. The van der Waals surface area contributed by atoms with Crippen LogP contribution in [0.25, 0.3) is 0 Å². The molecule has 9 nitrogen and oxygen atoms in total. The maximum absolute atomic E-state index is 11.7. The van der Waals surface area contributed by atoms with Crippen LogP contribution in [0.3, 0.4) is 0 Å². The second kappa shape index (κ2) is 5.51. The number of amides is 1. The molecule has 0 aliphatic rings. The predicted molar refractivity (Wildman–Crippen MR) is 68.7 cm³/mol. The molecule has 20 heavy (non-hydrogen) atoms. The molecule has 2 rings (SSSR count). The number of nitrogens with one attached hydrogen (secondary N) is 1. The second-order valence-electron chi connectivity index (χ2n) is 4.31. The molecule has 0 radical (unpaired) electrons. The molecular weight excluding hydrogens is 264 g/mol. The van der Waals surface area contributed by atoms with Crippen molar-refractivity contribution in [2.24, 2.45) is 7.05 Å². The molecular formula is C11H14N6O3. The van der Waals surface area contributed by atoms with Gasteiger partial charge in [-0.05, 0) is 17.9 Å². The Morgan fingerprint density at radius 3 is 2.80 bits per heavy atom. The number of nitro groups is 1. The number of aryl methyl sites for hydroxylation is 2. The molecule has 0 bridgehead atoms. The Morgan fingerprint density at radius 1 is 1.50 bits per heavy atom. The summed E-state index contributed by atoms with van der Waals surface area (Å²) >= 11 is 0. The first-order chi connectivity index (χ1) is 9.45. The molecule has 0 atom stereocenters. The molecule has 2 aromatic heterocycles. The topological polar surface area (TPSA) is 108 Å². The van der Waals surface area contributed by atoms with Crippen LogP contribution < -0.4 is 5.32 Å². The molecule has 0 aliphatic carbocycles. The number of carbonyl (C=O) groups excluding carboxylic acids is 1. The van der Waals surface area contributed by atoms with Crippen LogP contribution in [0.15, 0.2) is 18.3 Å². The molecule has 0 saturated carbocycles. The summed E-state index contributed by atoms with van der Waals surface area (Å²) in [6.45, 7) is 2.16. The lowest BCUT2D eigenvalue weighted by atomic mass is 10.3. The molecule has 106 valence electrons. The van der Waals surface area contributed by atoms with E-state index in [0.29, 0.717) is 6.54 Å². The molecule has 1 amide bonds. The fourth-order valence-electron chi connectivity index (χ4n) is 1.65. The summed E-state index contributed by atoms with van der Waals surface area (Å²) in [5.41, 5.74) is 1.75. The van der Waals surface area contributed by atoms with Crippen molar-refractivity contribution < 1.29 is 9.72 Å². The van der Waals surface area contributed by atoms with Crippen molar-refractivity contribution in [2.75, 3.05) is 0 Å². The van der Waals surface area contributed by atoms with Gasteiger partial charge < -0.3 is 15.4 Å². The lowest BCUT2D eigenvalue weighted by Crippen LogP contribution is -2.27. The van der Waals surface area contributed by atoms with Crippen molar-refractivity contribution in [1.29, 1.82) is 0 Å². The van der Waals surface area contributed by atoms with Gasteiger partial charge in [0.25, 0.3) is 0 Å². The van der Waals surface area contributed by atoms with Crippen molar-refractivity contribution in [1.82, 2.24) is 24.9 Å². The van der Waals surface area contributed by atoms with Gasteiger partial charge in [-0.15, -0.1) is 0 Å². The lowest BCUT2D eigenvalue weighted by Gasteiger charge is -2.01. The third kappa shape index (κ3) is 3.19. The quantitative estimate of drug-likeness (QED) is 0.618. The van der Waals surface area contributed by atoms with Crippen molar-refractivity contribution in [3.8, 4) is 0 Å². The van der Waals surface area contributed by atoms with E-state index in [1.54, 1.807) is 4.68 Å². The van der Waals surface area contributed by atoms with Crippen molar-refractivity contribution in [3.63, 3.8) is 0 Å². The van der Waals surface area contributed by atoms with Gasteiger partial charge in [-0.3, -0.25) is 9.48 Å². The van der Waals surface area contributed by atoms with E-state index in [-0.39, 0.29) is 18.3 Å². The zero-order chi connectivity index (χ0) is 14.7. The first-order valence-electron chi connectivity index (χ1n) is 5.90. The molecule has 0 aromatic carbocycles. The van der Waals surface area contributed by atoms with E-state index in [1.165, 1.54) is 16.9 Å². The maximum Gasteiger partial charge on any atom is 0.389 e.